The average molecular weight is 302 g/mol. The fourth-order valence-corrected chi connectivity index (χ4v) is 2.02. The van der Waals surface area contributed by atoms with Crippen LogP contribution in [0.5, 0.6) is 5.88 Å². The van der Waals surface area contributed by atoms with Crippen molar-refractivity contribution >= 4 is 17.3 Å². The number of nitrogens with one attached hydrogen (secondary N) is 2. The highest BCUT2D eigenvalue weighted by atomic mass is 19.1. The van der Waals surface area contributed by atoms with E-state index in [1.807, 2.05) is 0 Å². The van der Waals surface area contributed by atoms with E-state index in [4.69, 9.17) is 4.74 Å². The van der Waals surface area contributed by atoms with Crippen LogP contribution in [0.1, 0.15) is 23.2 Å². The number of carbonyl (C=O) groups is 1. The summed E-state index contributed by atoms with van der Waals surface area (Å²) >= 11 is 0. The van der Waals surface area contributed by atoms with Crippen LogP contribution in [0, 0.1) is 5.82 Å². The van der Waals surface area contributed by atoms with Gasteiger partial charge >= 0.3 is 0 Å². The predicted octanol–water partition coefficient (Wildman–Crippen LogP) is 2.45. The van der Waals surface area contributed by atoms with Gasteiger partial charge in [0.25, 0.3) is 5.91 Å². The lowest BCUT2D eigenvalue weighted by atomic mass is 10.2. The second kappa shape index (κ2) is 5.97. The molecule has 1 amide bonds. The molecule has 0 bridgehead atoms. The van der Waals surface area contributed by atoms with Gasteiger partial charge in [0.05, 0.1) is 18.5 Å². The van der Waals surface area contributed by atoms with Crippen LogP contribution >= 0.6 is 0 Å². The van der Waals surface area contributed by atoms with Gasteiger partial charge in [-0.2, -0.15) is 0 Å². The van der Waals surface area contributed by atoms with Gasteiger partial charge < -0.3 is 15.4 Å². The van der Waals surface area contributed by atoms with Crippen molar-refractivity contribution in [2.45, 2.75) is 18.9 Å². The molecule has 0 spiro atoms. The standard InChI is InChI=1S/C15H15FN4O2/c1-22-15-11(7-17-8-18-15)14(21)20-12-5-2-9(16)6-13(12)19-10-3-4-10/h2,5-8,10,19H,3-4H2,1H3,(H,20,21). The number of benzene rings is 1. The third-order valence-corrected chi connectivity index (χ3v) is 3.28. The fourth-order valence-electron chi connectivity index (χ4n) is 2.02. The van der Waals surface area contributed by atoms with E-state index in [1.165, 1.54) is 37.8 Å². The number of nitrogens with zero attached hydrogens (tertiary/aromatic N) is 2. The molecule has 0 aliphatic heterocycles. The summed E-state index contributed by atoms with van der Waals surface area (Å²) in [6.45, 7) is 0. The highest BCUT2D eigenvalue weighted by Gasteiger charge is 2.23. The zero-order chi connectivity index (χ0) is 15.5. The topological polar surface area (TPSA) is 76.1 Å². The molecule has 0 radical (unpaired) electrons. The van der Waals surface area contributed by atoms with Crippen LogP contribution in [0.15, 0.2) is 30.7 Å². The highest BCUT2D eigenvalue weighted by molar-refractivity contribution is 6.07. The van der Waals surface area contributed by atoms with Crippen molar-refractivity contribution in [3.8, 4) is 5.88 Å². The summed E-state index contributed by atoms with van der Waals surface area (Å²) in [4.78, 5) is 20.0. The van der Waals surface area contributed by atoms with Gasteiger partial charge in [-0.15, -0.1) is 0 Å². The Morgan fingerprint density at radius 2 is 2.18 bits per heavy atom. The average Bonchev–Trinajstić information content (AvgIpc) is 3.34. The summed E-state index contributed by atoms with van der Waals surface area (Å²) in [6, 6.07) is 4.53. The predicted molar refractivity (Wildman–Crippen MR) is 79.6 cm³/mol. The monoisotopic (exact) mass is 302 g/mol. The zero-order valence-corrected chi connectivity index (χ0v) is 12.0. The number of amides is 1. The lowest BCUT2D eigenvalue weighted by Crippen LogP contribution is -2.16. The zero-order valence-electron chi connectivity index (χ0n) is 12.0. The van der Waals surface area contributed by atoms with Gasteiger partial charge in [-0.1, -0.05) is 0 Å². The maximum absolute atomic E-state index is 13.4. The molecule has 2 aromatic rings. The SMILES string of the molecule is COc1ncncc1C(=O)Nc1ccc(F)cc1NC1CC1. The third-order valence-electron chi connectivity index (χ3n) is 3.28. The number of halogens is 1. The molecule has 0 unspecified atom stereocenters. The van der Waals surface area contributed by atoms with Gasteiger partial charge in [-0.25, -0.2) is 14.4 Å². The Morgan fingerprint density at radius 3 is 2.91 bits per heavy atom. The van der Waals surface area contributed by atoms with E-state index in [2.05, 4.69) is 20.6 Å². The maximum Gasteiger partial charge on any atom is 0.262 e. The Bertz CT molecular complexity index is 704. The minimum absolute atomic E-state index is 0.186. The van der Waals surface area contributed by atoms with Crippen LogP contribution < -0.4 is 15.4 Å². The van der Waals surface area contributed by atoms with Gasteiger partial charge in [-0.05, 0) is 31.0 Å². The largest absolute Gasteiger partial charge is 0.480 e. The maximum atomic E-state index is 13.4. The minimum atomic E-state index is -0.414. The number of anilines is 2. The molecular weight excluding hydrogens is 287 g/mol. The van der Waals surface area contributed by atoms with Crippen LogP contribution in [-0.4, -0.2) is 29.0 Å². The van der Waals surface area contributed by atoms with Crippen LogP contribution in [0.3, 0.4) is 0 Å². The molecule has 1 fully saturated rings. The summed E-state index contributed by atoms with van der Waals surface area (Å²) in [5.74, 6) is -0.587. The van der Waals surface area contributed by atoms with E-state index in [0.717, 1.165) is 12.8 Å². The molecule has 3 rings (SSSR count). The van der Waals surface area contributed by atoms with E-state index in [0.29, 0.717) is 17.4 Å². The van der Waals surface area contributed by atoms with Gasteiger partial charge in [0.2, 0.25) is 5.88 Å². The molecule has 1 aromatic carbocycles. The molecule has 1 aliphatic rings. The van der Waals surface area contributed by atoms with Crippen LogP contribution in [0.4, 0.5) is 15.8 Å². The van der Waals surface area contributed by atoms with Gasteiger partial charge in [-0.3, -0.25) is 4.79 Å². The number of hydrogen-bond donors (Lipinski definition) is 2. The van der Waals surface area contributed by atoms with E-state index in [1.54, 1.807) is 0 Å². The molecule has 1 aromatic heterocycles. The molecular formula is C15H15FN4O2. The van der Waals surface area contributed by atoms with Gasteiger partial charge in [0.1, 0.15) is 17.7 Å². The second-order valence-electron chi connectivity index (χ2n) is 5.01. The van der Waals surface area contributed by atoms with Crippen molar-refractivity contribution in [2.75, 3.05) is 17.7 Å². The molecule has 114 valence electrons. The summed E-state index contributed by atoms with van der Waals surface area (Å²) < 4.78 is 18.4. The minimum Gasteiger partial charge on any atom is -0.480 e. The Morgan fingerprint density at radius 1 is 1.36 bits per heavy atom. The van der Waals surface area contributed by atoms with E-state index in [9.17, 15) is 9.18 Å². The van der Waals surface area contributed by atoms with E-state index < -0.39 is 5.91 Å². The number of methoxy groups -OCH3 is 1. The molecule has 0 atom stereocenters. The molecule has 1 heterocycles. The Labute approximate surface area is 126 Å². The number of ether oxygens (including phenoxy) is 1. The molecule has 2 N–H and O–H groups in total. The summed E-state index contributed by atoms with van der Waals surface area (Å²) in [6.07, 6.45) is 4.76. The first-order chi connectivity index (χ1) is 10.7. The van der Waals surface area contributed by atoms with Gasteiger partial charge in [0.15, 0.2) is 0 Å². The van der Waals surface area contributed by atoms with E-state index >= 15 is 0 Å². The van der Waals surface area contributed by atoms with E-state index in [-0.39, 0.29) is 17.3 Å². The molecule has 1 aliphatic carbocycles. The highest BCUT2D eigenvalue weighted by Crippen LogP contribution is 2.30. The van der Waals surface area contributed by atoms with Crippen molar-refractivity contribution in [1.29, 1.82) is 0 Å². The lowest BCUT2D eigenvalue weighted by molar-refractivity contribution is 0.102. The summed E-state index contributed by atoms with van der Waals surface area (Å²) in [5.41, 5.74) is 1.28. The summed E-state index contributed by atoms with van der Waals surface area (Å²) in [5, 5.41) is 5.93. The van der Waals surface area contributed by atoms with Crippen molar-refractivity contribution in [3.63, 3.8) is 0 Å². The molecule has 6 nitrogen and oxygen atoms in total. The summed E-state index contributed by atoms with van der Waals surface area (Å²) in [7, 11) is 1.43. The molecule has 22 heavy (non-hydrogen) atoms. The van der Waals surface area contributed by atoms with Crippen molar-refractivity contribution in [1.82, 2.24) is 9.97 Å². The first-order valence-corrected chi connectivity index (χ1v) is 6.89. The first-order valence-electron chi connectivity index (χ1n) is 6.89. The Hall–Kier alpha value is -2.70. The van der Waals surface area contributed by atoms with Crippen LogP contribution in [0.25, 0.3) is 0 Å². The second-order valence-corrected chi connectivity index (χ2v) is 5.01. The normalized spacial score (nSPS) is 13.5. The Balaban J connectivity index is 1.84. The third kappa shape index (κ3) is 3.13. The first kappa shape index (κ1) is 14.2. The number of aromatic nitrogens is 2. The number of rotatable bonds is 5. The van der Waals surface area contributed by atoms with Gasteiger partial charge in [0, 0.05) is 12.2 Å². The fraction of sp³-hybridized carbons (Fsp3) is 0.267. The van der Waals surface area contributed by atoms with Crippen LogP contribution in [-0.2, 0) is 0 Å². The number of carbonyl (C=O) groups excluding carboxylic acids is 1. The van der Waals surface area contributed by atoms with Crippen molar-refractivity contribution < 1.29 is 13.9 Å². The van der Waals surface area contributed by atoms with Crippen LogP contribution in [0.2, 0.25) is 0 Å². The quantitative estimate of drug-likeness (QED) is 0.887. The number of hydrogen-bond acceptors (Lipinski definition) is 5. The smallest absolute Gasteiger partial charge is 0.262 e. The molecule has 0 saturated heterocycles. The van der Waals surface area contributed by atoms with Crippen molar-refractivity contribution in [3.05, 3.63) is 42.1 Å². The lowest BCUT2D eigenvalue weighted by Gasteiger charge is -2.13. The molecule has 1 saturated carbocycles. The van der Waals surface area contributed by atoms with Crippen molar-refractivity contribution in [2.24, 2.45) is 0 Å². The molecule has 7 heteroatoms. The Kier molecular flexibility index (Phi) is 3.86.